The van der Waals surface area contributed by atoms with Gasteiger partial charge >= 0.3 is 0 Å². The molecule has 0 aliphatic carbocycles. The number of hydrogen-bond donors (Lipinski definition) is 0. The van der Waals surface area contributed by atoms with Gasteiger partial charge in [-0.1, -0.05) is 65.0 Å². The molecule has 31 heavy (non-hydrogen) atoms. The number of hydrogen-bond acceptors (Lipinski definition) is 1. The first-order valence-electron chi connectivity index (χ1n) is 11.4. The highest BCUT2D eigenvalue weighted by molar-refractivity contribution is 5.33. The minimum atomic E-state index is -0.760. The van der Waals surface area contributed by atoms with Crippen molar-refractivity contribution in [2.24, 2.45) is 0 Å². The van der Waals surface area contributed by atoms with E-state index in [-0.39, 0.29) is 11.8 Å². The Bertz CT molecular complexity index is 1010. The summed E-state index contributed by atoms with van der Waals surface area (Å²) in [5, 5.41) is 4.37. The van der Waals surface area contributed by atoms with Crippen molar-refractivity contribution >= 4 is 0 Å². The molecule has 0 aliphatic rings. The van der Waals surface area contributed by atoms with Crippen molar-refractivity contribution in [2.75, 3.05) is 0 Å². The molecule has 2 aromatic carbocycles. The van der Waals surface area contributed by atoms with Crippen molar-refractivity contribution < 1.29 is 8.78 Å². The molecule has 3 rings (SSSR count). The second-order valence-corrected chi connectivity index (χ2v) is 9.12. The van der Waals surface area contributed by atoms with E-state index in [9.17, 15) is 8.78 Å². The van der Waals surface area contributed by atoms with Gasteiger partial charge in [-0.25, -0.2) is 8.78 Å². The van der Waals surface area contributed by atoms with Crippen LogP contribution in [-0.2, 0) is 19.4 Å². The molecular weight excluding hydrogens is 390 g/mol. The summed E-state index contributed by atoms with van der Waals surface area (Å²) in [7, 11) is 0. The third-order valence-corrected chi connectivity index (χ3v) is 6.06. The Hall–Kier alpha value is -2.49. The van der Waals surface area contributed by atoms with Gasteiger partial charge in [-0.15, -0.1) is 0 Å². The van der Waals surface area contributed by atoms with Crippen LogP contribution < -0.4 is 0 Å². The normalized spacial score (nSPS) is 13.5. The Morgan fingerprint density at radius 1 is 0.903 bits per heavy atom. The van der Waals surface area contributed by atoms with E-state index >= 15 is 0 Å². The van der Waals surface area contributed by atoms with Crippen molar-refractivity contribution in [2.45, 2.75) is 78.2 Å². The fourth-order valence-electron chi connectivity index (χ4n) is 4.09. The number of nitrogens with zero attached hydrogens (tertiary/aromatic N) is 2. The maximum atomic E-state index is 14.6. The molecule has 4 heteroatoms. The van der Waals surface area contributed by atoms with Gasteiger partial charge in [0.15, 0.2) is 11.6 Å². The van der Waals surface area contributed by atoms with Crippen LogP contribution in [0.2, 0.25) is 0 Å². The van der Waals surface area contributed by atoms with E-state index in [0.717, 1.165) is 30.5 Å². The topological polar surface area (TPSA) is 17.8 Å². The maximum Gasteiger partial charge on any atom is 0.162 e. The van der Waals surface area contributed by atoms with Gasteiger partial charge in [0, 0.05) is 12.7 Å². The van der Waals surface area contributed by atoms with Crippen LogP contribution in [0.4, 0.5) is 8.78 Å². The van der Waals surface area contributed by atoms with E-state index in [1.165, 1.54) is 17.2 Å². The molecule has 2 nitrogen and oxygen atoms in total. The number of benzene rings is 2. The molecule has 1 heterocycles. The van der Waals surface area contributed by atoms with E-state index < -0.39 is 11.6 Å². The zero-order chi connectivity index (χ0) is 22.5. The smallest absolute Gasteiger partial charge is 0.162 e. The lowest BCUT2D eigenvalue weighted by Crippen LogP contribution is -2.06. The quantitative estimate of drug-likeness (QED) is 0.350. The number of rotatable bonds is 9. The molecule has 0 radical (unpaired) electrons. The molecule has 0 spiro atoms. The minimum Gasteiger partial charge on any atom is -0.272 e. The highest BCUT2D eigenvalue weighted by Crippen LogP contribution is 2.29. The van der Waals surface area contributed by atoms with Crippen LogP contribution in [0.3, 0.4) is 0 Å². The first kappa shape index (κ1) is 23.2. The largest absolute Gasteiger partial charge is 0.272 e. The zero-order valence-corrected chi connectivity index (χ0v) is 19.3. The Morgan fingerprint density at radius 3 is 2.35 bits per heavy atom. The Labute approximate surface area is 185 Å². The molecule has 2 atom stereocenters. The average molecular weight is 425 g/mol. The standard InChI is InChI=1S/C27H34F2N2/c1-6-10-31-17-25(16-30-31)20(5)12-24-14-23(15-26(28)27(24)29)19(4)11-21-8-7-9-22(13-21)18(2)3/h7-9,13-20H,6,10-12H2,1-5H3. The molecular formula is C27H34F2N2. The fourth-order valence-corrected chi connectivity index (χ4v) is 4.09. The van der Waals surface area contributed by atoms with E-state index in [2.05, 4.69) is 57.1 Å². The lowest BCUT2D eigenvalue weighted by Gasteiger charge is -2.17. The van der Waals surface area contributed by atoms with Crippen LogP contribution in [-0.4, -0.2) is 9.78 Å². The van der Waals surface area contributed by atoms with Gasteiger partial charge < -0.3 is 0 Å². The second-order valence-electron chi connectivity index (χ2n) is 9.12. The van der Waals surface area contributed by atoms with Crippen molar-refractivity contribution in [3.63, 3.8) is 0 Å². The van der Waals surface area contributed by atoms with Gasteiger partial charge in [0.25, 0.3) is 0 Å². The lowest BCUT2D eigenvalue weighted by atomic mass is 9.88. The number of aryl methyl sites for hydroxylation is 1. The van der Waals surface area contributed by atoms with Crippen LogP contribution in [0, 0.1) is 11.6 Å². The van der Waals surface area contributed by atoms with Crippen LogP contribution in [0.5, 0.6) is 0 Å². The first-order valence-corrected chi connectivity index (χ1v) is 11.4. The monoisotopic (exact) mass is 424 g/mol. The van der Waals surface area contributed by atoms with Crippen LogP contribution in [0.15, 0.2) is 48.8 Å². The number of aromatic nitrogens is 2. The molecule has 0 fully saturated rings. The zero-order valence-electron chi connectivity index (χ0n) is 19.3. The SMILES string of the molecule is CCCn1cc(C(C)Cc2cc(C(C)Cc3cccc(C(C)C)c3)cc(F)c2F)cn1. The summed E-state index contributed by atoms with van der Waals surface area (Å²) in [5.41, 5.74) is 4.86. The maximum absolute atomic E-state index is 14.6. The second kappa shape index (κ2) is 10.2. The number of halogens is 2. The summed E-state index contributed by atoms with van der Waals surface area (Å²) in [5.74, 6) is -0.866. The van der Waals surface area contributed by atoms with Crippen molar-refractivity contribution in [1.29, 1.82) is 0 Å². The van der Waals surface area contributed by atoms with Gasteiger partial charge in [-0.2, -0.15) is 5.10 Å². The van der Waals surface area contributed by atoms with Gasteiger partial charge in [0.1, 0.15) is 0 Å². The summed E-state index contributed by atoms with van der Waals surface area (Å²) in [6, 6.07) is 11.8. The molecule has 2 unspecified atom stereocenters. The van der Waals surface area contributed by atoms with Crippen molar-refractivity contribution in [3.8, 4) is 0 Å². The van der Waals surface area contributed by atoms with Gasteiger partial charge in [0.2, 0.25) is 0 Å². The predicted molar refractivity (Wildman–Crippen MR) is 124 cm³/mol. The summed E-state index contributed by atoms with van der Waals surface area (Å²) in [6.07, 6.45) is 6.10. The molecule has 1 aromatic heterocycles. The molecule has 0 bridgehead atoms. The molecule has 0 saturated carbocycles. The van der Waals surface area contributed by atoms with Crippen LogP contribution >= 0.6 is 0 Å². The summed E-state index contributed by atoms with van der Waals surface area (Å²) in [4.78, 5) is 0. The first-order chi connectivity index (χ1) is 14.8. The summed E-state index contributed by atoms with van der Waals surface area (Å²) >= 11 is 0. The molecule has 0 aliphatic heterocycles. The molecule has 0 amide bonds. The van der Waals surface area contributed by atoms with Gasteiger partial charge in [-0.05, 0) is 70.9 Å². The molecule has 166 valence electrons. The third-order valence-electron chi connectivity index (χ3n) is 6.06. The third kappa shape index (κ3) is 5.81. The van der Waals surface area contributed by atoms with Crippen LogP contribution in [0.25, 0.3) is 0 Å². The minimum absolute atomic E-state index is 0.0628. The van der Waals surface area contributed by atoms with Crippen molar-refractivity contribution in [1.82, 2.24) is 9.78 Å². The highest BCUT2D eigenvalue weighted by atomic mass is 19.2. The molecule has 0 N–H and O–H groups in total. The fraction of sp³-hybridized carbons (Fsp3) is 0.444. The highest BCUT2D eigenvalue weighted by Gasteiger charge is 2.18. The van der Waals surface area contributed by atoms with Crippen LogP contribution in [0.1, 0.15) is 86.6 Å². The Kier molecular flexibility index (Phi) is 7.64. The predicted octanol–water partition coefficient (Wildman–Crippen LogP) is 7.39. The van der Waals surface area contributed by atoms with E-state index in [4.69, 9.17) is 0 Å². The van der Waals surface area contributed by atoms with Gasteiger partial charge in [-0.3, -0.25) is 4.68 Å². The Morgan fingerprint density at radius 2 is 1.65 bits per heavy atom. The molecule has 3 aromatic rings. The van der Waals surface area contributed by atoms with E-state index in [1.807, 2.05) is 30.1 Å². The lowest BCUT2D eigenvalue weighted by molar-refractivity contribution is 0.492. The Balaban J connectivity index is 1.78. The summed E-state index contributed by atoms with van der Waals surface area (Å²) in [6.45, 7) is 11.4. The van der Waals surface area contributed by atoms with E-state index in [1.54, 1.807) is 0 Å². The summed E-state index contributed by atoms with van der Waals surface area (Å²) < 4.78 is 31.0. The molecule has 0 saturated heterocycles. The van der Waals surface area contributed by atoms with Gasteiger partial charge in [0.05, 0.1) is 6.20 Å². The van der Waals surface area contributed by atoms with Crippen molar-refractivity contribution in [3.05, 3.63) is 88.2 Å². The van der Waals surface area contributed by atoms with E-state index in [0.29, 0.717) is 17.9 Å². The average Bonchev–Trinajstić information content (AvgIpc) is 3.20.